The fourth-order valence-electron chi connectivity index (χ4n) is 3.44. The minimum absolute atomic E-state index is 0.139. The monoisotopic (exact) mass is 388 g/mol. The van der Waals surface area contributed by atoms with Crippen LogP contribution >= 0.6 is 23.2 Å². The number of rotatable bonds is 6. The van der Waals surface area contributed by atoms with Gasteiger partial charge in [-0.05, 0) is 32.4 Å². The molecule has 2 atom stereocenters. The second-order valence-electron chi connectivity index (χ2n) is 6.43. The van der Waals surface area contributed by atoms with Crippen molar-refractivity contribution in [2.45, 2.75) is 32.4 Å². The Hall–Kier alpha value is -1.01. The van der Waals surface area contributed by atoms with E-state index in [-0.39, 0.29) is 18.0 Å². The molecule has 0 radical (unpaired) electrons. The van der Waals surface area contributed by atoms with Gasteiger partial charge in [-0.3, -0.25) is 9.69 Å². The highest BCUT2D eigenvalue weighted by Gasteiger charge is 2.33. The molecule has 2 unspecified atom stereocenters. The minimum atomic E-state index is -0.139. The predicted molar refractivity (Wildman–Crippen MR) is 101 cm³/mol. The molecule has 7 heteroatoms. The van der Waals surface area contributed by atoms with Crippen molar-refractivity contribution < 1.29 is 14.3 Å². The summed E-state index contributed by atoms with van der Waals surface area (Å²) in [5, 5.41) is 0.739. The number of amides is 1. The smallest absolute Gasteiger partial charge is 0.259 e. The summed E-state index contributed by atoms with van der Waals surface area (Å²) in [5.74, 6) is 0.196. The van der Waals surface area contributed by atoms with E-state index >= 15 is 0 Å². The molecule has 0 saturated carbocycles. The summed E-state index contributed by atoms with van der Waals surface area (Å²) in [6, 6.07) is 3.79. The zero-order chi connectivity index (χ0) is 18.6. The summed E-state index contributed by atoms with van der Waals surface area (Å²) in [7, 11) is 3.21. The Morgan fingerprint density at radius 1 is 1.16 bits per heavy atom. The molecule has 1 aliphatic heterocycles. The average Bonchev–Trinajstić information content (AvgIpc) is 2.58. The third-order valence-corrected chi connectivity index (χ3v) is 5.24. The number of nitrogens with zero attached hydrogens (tertiary/aromatic N) is 2. The van der Waals surface area contributed by atoms with Crippen LogP contribution < -0.4 is 4.74 Å². The van der Waals surface area contributed by atoms with Crippen LogP contribution in [-0.4, -0.2) is 68.3 Å². The van der Waals surface area contributed by atoms with Gasteiger partial charge in [0.1, 0.15) is 5.56 Å². The lowest BCUT2D eigenvalue weighted by Gasteiger charge is -2.44. The van der Waals surface area contributed by atoms with E-state index in [9.17, 15) is 4.79 Å². The van der Waals surface area contributed by atoms with Crippen LogP contribution in [0.4, 0.5) is 0 Å². The van der Waals surface area contributed by atoms with Crippen molar-refractivity contribution in [3.05, 3.63) is 27.7 Å². The molecule has 1 aromatic carbocycles. The molecule has 0 N–H and O–H groups in total. The highest BCUT2D eigenvalue weighted by atomic mass is 35.5. The van der Waals surface area contributed by atoms with Crippen LogP contribution in [0.25, 0.3) is 0 Å². The largest absolute Gasteiger partial charge is 0.494 e. The molecule has 25 heavy (non-hydrogen) atoms. The Bertz CT molecular complexity index is 600. The van der Waals surface area contributed by atoms with E-state index in [1.54, 1.807) is 19.2 Å². The molecule has 0 aliphatic carbocycles. The van der Waals surface area contributed by atoms with Crippen LogP contribution in [-0.2, 0) is 4.74 Å². The lowest BCUT2D eigenvalue weighted by Crippen LogP contribution is -2.58. The third-order valence-electron chi connectivity index (χ3n) is 4.63. The van der Waals surface area contributed by atoms with Gasteiger partial charge in [0.05, 0.1) is 17.2 Å². The van der Waals surface area contributed by atoms with E-state index in [0.29, 0.717) is 34.4 Å². The first kappa shape index (κ1) is 20.3. The molecular weight excluding hydrogens is 363 g/mol. The van der Waals surface area contributed by atoms with Gasteiger partial charge < -0.3 is 14.4 Å². The van der Waals surface area contributed by atoms with Crippen molar-refractivity contribution in [2.75, 3.05) is 40.5 Å². The van der Waals surface area contributed by atoms with E-state index in [0.717, 1.165) is 19.6 Å². The summed E-state index contributed by atoms with van der Waals surface area (Å²) in [5.41, 5.74) is 0.337. The zero-order valence-corrected chi connectivity index (χ0v) is 16.7. The highest BCUT2D eigenvalue weighted by molar-refractivity contribution is 6.37. The van der Waals surface area contributed by atoms with Crippen LogP contribution in [0.15, 0.2) is 12.1 Å². The van der Waals surface area contributed by atoms with Gasteiger partial charge in [-0.25, -0.2) is 0 Å². The molecule has 5 nitrogen and oxygen atoms in total. The third kappa shape index (κ3) is 4.59. The molecule has 1 aromatic rings. The quantitative estimate of drug-likeness (QED) is 0.698. The van der Waals surface area contributed by atoms with Gasteiger partial charge in [-0.1, -0.05) is 23.2 Å². The van der Waals surface area contributed by atoms with Crippen LogP contribution in [0.1, 0.15) is 30.6 Å². The number of methoxy groups -OCH3 is 2. The van der Waals surface area contributed by atoms with Gasteiger partial charge in [-0.15, -0.1) is 0 Å². The maximum absolute atomic E-state index is 13.1. The van der Waals surface area contributed by atoms with Gasteiger partial charge in [0.2, 0.25) is 0 Å². The molecule has 140 valence electrons. The Balaban J connectivity index is 2.16. The summed E-state index contributed by atoms with van der Waals surface area (Å²) in [4.78, 5) is 17.3. The summed E-state index contributed by atoms with van der Waals surface area (Å²) in [6.07, 6.45) is 0.979. The SMILES string of the molecule is COCCCN1C(C)CN(C(=O)c2c(Cl)ccc(Cl)c2OC)CC1C. The van der Waals surface area contributed by atoms with E-state index in [1.165, 1.54) is 7.11 Å². The van der Waals surface area contributed by atoms with Crippen molar-refractivity contribution in [1.82, 2.24) is 9.80 Å². The first-order valence-electron chi connectivity index (χ1n) is 8.46. The number of hydrogen-bond donors (Lipinski definition) is 0. The lowest BCUT2D eigenvalue weighted by atomic mass is 10.1. The fourth-order valence-corrected chi connectivity index (χ4v) is 3.91. The molecule has 2 rings (SSSR count). The first-order chi connectivity index (χ1) is 11.9. The zero-order valence-electron chi connectivity index (χ0n) is 15.2. The van der Waals surface area contributed by atoms with Crippen molar-refractivity contribution in [2.24, 2.45) is 0 Å². The van der Waals surface area contributed by atoms with Gasteiger partial charge in [0, 0.05) is 45.4 Å². The van der Waals surface area contributed by atoms with E-state index in [2.05, 4.69) is 18.7 Å². The Kier molecular flexibility index (Phi) is 7.37. The van der Waals surface area contributed by atoms with Crippen molar-refractivity contribution in [3.63, 3.8) is 0 Å². The summed E-state index contributed by atoms with van der Waals surface area (Å²) < 4.78 is 10.5. The second kappa shape index (κ2) is 9.08. The van der Waals surface area contributed by atoms with E-state index in [1.807, 2.05) is 4.90 Å². The topological polar surface area (TPSA) is 42.0 Å². The first-order valence-corrected chi connectivity index (χ1v) is 9.22. The van der Waals surface area contributed by atoms with Crippen molar-refractivity contribution in [3.8, 4) is 5.75 Å². The summed E-state index contributed by atoms with van der Waals surface area (Å²) in [6.45, 7) is 7.26. The molecule has 1 aliphatic rings. The number of halogens is 2. The predicted octanol–water partition coefficient (Wildman–Crippen LogP) is 3.57. The minimum Gasteiger partial charge on any atom is -0.494 e. The van der Waals surface area contributed by atoms with Crippen LogP contribution in [0.3, 0.4) is 0 Å². The van der Waals surface area contributed by atoms with Crippen LogP contribution in [0.5, 0.6) is 5.75 Å². The molecule has 0 aromatic heterocycles. The number of carbonyl (C=O) groups excluding carboxylic acids is 1. The fraction of sp³-hybridized carbons (Fsp3) is 0.611. The number of benzene rings is 1. The second-order valence-corrected chi connectivity index (χ2v) is 7.24. The van der Waals surface area contributed by atoms with Gasteiger partial charge in [-0.2, -0.15) is 0 Å². The molecule has 1 heterocycles. The number of carbonyl (C=O) groups is 1. The molecule has 1 saturated heterocycles. The lowest BCUT2D eigenvalue weighted by molar-refractivity contribution is 0.0268. The molecular formula is C18H26Cl2N2O3. The van der Waals surface area contributed by atoms with Gasteiger partial charge in [0.25, 0.3) is 5.91 Å². The molecule has 1 amide bonds. The van der Waals surface area contributed by atoms with Gasteiger partial charge in [0.15, 0.2) is 5.75 Å². The summed E-state index contributed by atoms with van der Waals surface area (Å²) >= 11 is 12.4. The Morgan fingerprint density at radius 3 is 2.32 bits per heavy atom. The highest BCUT2D eigenvalue weighted by Crippen LogP contribution is 2.35. The van der Waals surface area contributed by atoms with E-state index < -0.39 is 0 Å². The maximum Gasteiger partial charge on any atom is 0.259 e. The molecule has 1 fully saturated rings. The normalized spacial score (nSPS) is 21.4. The standard InChI is InChI=1S/C18H26Cl2N2O3/c1-12-10-21(11-13(2)22(12)8-5-9-24-3)18(23)16-14(19)6-7-15(20)17(16)25-4/h6-7,12-13H,5,8-11H2,1-4H3. The van der Waals surface area contributed by atoms with Crippen LogP contribution in [0, 0.1) is 0 Å². The Labute approximate surface area is 159 Å². The van der Waals surface area contributed by atoms with Crippen molar-refractivity contribution >= 4 is 29.1 Å². The molecule has 0 spiro atoms. The number of hydrogen-bond acceptors (Lipinski definition) is 4. The molecule has 0 bridgehead atoms. The average molecular weight is 389 g/mol. The Morgan fingerprint density at radius 2 is 1.76 bits per heavy atom. The van der Waals surface area contributed by atoms with Gasteiger partial charge >= 0.3 is 0 Å². The maximum atomic E-state index is 13.1. The number of piperazine rings is 1. The van der Waals surface area contributed by atoms with E-state index in [4.69, 9.17) is 32.7 Å². The number of ether oxygens (including phenoxy) is 2. The van der Waals surface area contributed by atoms with Crippen molar-refractivity contribution in [1.29, 1.82) is 0 Å². The van der Waals surface area contributed by atoms with Crippen LogP contribution in [0.2, 0.25) is 10.0 Å².